The first-order valence-electron chi connectivity index (χ1n) is 4.88. The van der Waals surface area contributed by atoms with E-state index in [9.17, 15) is 30.4 Å². The maximum atomic E-state index is 12.6. The van der Waals surface area contributed by atoms with Crippen LogP contribution in [-0.2, 0) is 10.0 Å². The van der Waals surface area contributed by atoms with Crippen LogP contribution in [-0.4, -0.2) is 25.6 Å². The maximum absolute atomic E-state index is 12.6. The van der Waals surface area contributed by atoms with Crippen LogP contribution in [0.2, 0.25) is 0 Å². The zero-order chi connectivity index (χ0) is 14.8. The summed E-state index contributed by atoms with van der Waals surface area (Å²) < 4.78 is 86.4. The first kappa shape index (κ1) is 15.8. The molecule has 0 bridgehead atoms. The van der Waals surface area contributed by atoms with Gasteiger partial charge in [-0.2, -0.15) is 17.9 Å². The van der Waals surface area contributed by atoms with Gasteiger partial charge in [-0.1, -0.05) is 0 Å². The first-order chi connectivity index (χ1) is 8.55. The van der Waals surface area contributed by atoms with Gasteiger partial charge in [0, 0.05) is 6.20 Å². The summed E-state index contributed by atoms with van der Waals surface area (Å²) >= 11 is 0. The number of rotatable bonds is 4. The standard InChI is InChI=1S/C9H9F5N2O2S/c1-5(9(12,13)14)16-19(17,18)6-3-2-4-15-7(6)8(10)11/h2-5,8,16H,1H3/t5-/m0/s1. The zero-order valence-electron chi connectivity index (χ0n) is 9.45. The fourth-order valence-corrected chi connectivity index (χ4v) is 2.56. The number of nitrogens with one attached hydrogen (secondary N) is 1. The van der Waals surface area contributed by atoms with E-state index >= 15 is 0 Å². The van der Waals surface area contributed by atoms with Crippen LogP contribution in [0.4, 0.5) is 22.0 Å². The number of nitrogens with zero attached hydrogens (tertiary/aromatic N) is 1. The Hall–Kier alpha value is -1.29. The Morgan fingerprint density at radius 3 is 2.37 bits per heavy atom. The van der Waals surface area contributed by atoms with Crippen molar-refractivity contribution in [2.45, 2.75) is 30.5 Å². The minimum Gasteiger partial charge on any atom is -0.254 e. The van der Waals surface area contributed by atoms with Gasteiger partial charge < -0.3 is 0 Å². The van der Waals surface area contributed by atoms with Crippen LogP contribution in [0.1, 0.15) is 19.0 Å². The summed E-state index contributed by atoms with van der Waals surface area (Å²) in [5.41, 5.74) is -1.09. The fourth-order valence-electron chi connectivity index (χ4n) is 1.16. The molecule has 1 N–H and O–H groups in total. The summed E-state index contributed by atoms with van der Waals surface area (Å²) in [5, 5.41) is 0. The lowest BCUT2D eigenvalue weighted by atomic mass is 10.4. The molecule has 0 spiro atoms. The van der Waals surface area contributed by atoms with Crippen molar-refractivity contribution in [3.05, 3.63) is 24.0 Å². The van der Waals surface area contributed by atoms with Gasteiger partial charge in [0.1, 0.15) is 16.6 Å². The van der Waals surface area contributed by atoms with Crippen molar-refractivity contribution in [2.75, 3.05) is 0 Å². The van der Waals surface area contributed by atoms with Gasteiger partial charge in [0.25, 0.3) is 6.43 Å². The lowest BCUT2D eigenvalue weighted by Gasteiger charge is -2.18. The molecule has 0 aromatic carbocycles. The third-order valence-electron chi connectivity index (χ3n) is 2.12. The number of pyridine rings is 1. The molecule has 19 heavy (non-hydrogen) atoms. The summed E-state index contributed by atoms with van der Waals surface area (Å²) in [5.74, 6) is 0. The molecule has 0 amide bonds. The molecule has 0 aliphatic heterocycles. The molecule has 1 aromatic rings. The van der Waals surface area contributed by atoms with Gasteiger partial charge >= 0.3 is 6.18 Å². The van der Waals surface area contributed by atoms with Gasteiger partial charge in [-0.3, -0.25) is 4.98 Å². The average Bonchev–Trinajstić information content (AvgIpc) is 2.27. The number of hydrogen-bond acceptors (Lipinski definition) is 3. The van der Waals surface area contributed by atoms with Crippen molar-refractivity contribution in [2.24, 2.45) is 0 Å². The molecule has 1 aromatic heterocycles. The number of sulfonamides is 1. The van der Waals surface area contributed by atoms with Gasteiger partial charge in [-0.25, -0.2) is 17.2 Å². The van der Waals surface area contributed by atoms with E-state index in [1.54, 1.807) is 0 Å². The molecule has 1 atom stereocenters. The van der Waals surface area contributed by atoms with Crippen molar-refractivity contribution >= 4 is 10.0 Å². The van der Waals surface area contributed by atoms with E-state index in [1.165, 1.54) is 4.72 Å². The van der Waals surface area contributed by atoms with Crippen LogP contribution in [0.15, 0.2) is 23.2 Å². The van der Waals surface area contributed by atoms with E-state index in [2.05, 4.69) is 4.98 Å². The molecule has 10 heteroatoms. The minimum atomic E-state index is -4.82. The van der Waals surface area contributed by atoms with Crippen LogP contribution in [0.3, 0.4) is 0 Å². The summed E-state index contributed by atoms with van der Waals surface area (Å²) in [4.78, 5) is 2.19. The van der Waals surface area contributed by atoms with Gasteiger partial charge in [0.15, 0.2) is 0 Å². The predicted octanol–water partition coefficient (Wildman–Crippen LogP) is 2.25. The van der Waals surface area contributed by atoms with Gasteiger partial charge in [0.05, 0.1) is 0 Å². The highest BCUT2D eigenvalue weighted by Crippen LogP contribution is 2.26. The highest BCUT2D eigenvalue weighted by atomic mass is 32.2. The third-order valence-corrected chi connectivity index (χ3v) is 3.71. The van der Waals surface area contributed by atoms with Crippen LogP contribution < -0.4 is 4.72 Å². The van der Waals surface area contributed by atoms with Crippen molar-refractivity contribution in [1.29, 1.82) is 0 Å². The highest BCUT2D eigenvalue weighted by molar-refractivity contribution is 7.89. The van der Waals surface area contributed by atoms with E-state index in [4.69, 9.17) is 0 Å². The van der Waals surface area contributed by atoms with E-state index in [-0.39, 0.29) is 0 Å². The van der Waals surface area contributed by atoms with Crippen molar-refractivity contribution in [3.63, 3.8) is 0 Å². The van der Waals surface area contributed by atoms with Crippen LogP contribution in [0.5, 0.6) is 0 Å². The van der Waals surface area contributed by atoms with E-state index in [0.717, 1.165) is 18.3 Å². The predicted molar refractivity (Wildman–Crippen MR) is 55.0 cm³/mol. The van der Waals surface area contributed by atoms with Crippen LogP contribution in [0, 0.1) is 0 Å². The lowest BCUT2D eigenvalue weighted by molar-refractivity contribution is -0.147. The monoisotopic (exact) mass is 304 g/mol. The molecule has 0 fully saturated rings. The molecule has 0 saturated carbocycles. The largest absolute Gasteiger partial charge is 0.404 e. The van der Waals surface area contributed by atoms with Gasteiger partial charge in [0.2, 0.25) is 10.0 Å². The third kappa shape index (κ3) is 3.83. The average molecular weight is 304 g/mol. The van der Waals surface area contributed by atoms with E-state index < -0.39 is 39.3 Å². The molecule has 0 unspecified atom stereocenters. The second-order valence-corrected chi connectivity index (χ2v) is 5.25. The quantitative estimate of drug-likeness (QED) is 0.868. The Balaban J connectivity index is 3.15. The second kappa shape index (κ2) is 5.37. The topological polar surface area (TPSA) is 59.1 Å². The van der Waals surface area contributed by atoms with Gasteiger partial charge in [-0.05, 0) is 19.1 Å². The Morgan fingerprint density at radius 2 is 1.89 bits per heavy atom. The number of aromatic nitrogens is 1. The van der Waals surface area contributed by atoms with Gasteiger partial charge in [-0.15, -0.1) is 0 Å². The first-order valence-corrected chi connectivity index (χ1v) is 6.36. The van der Waals surface area contributed by atoms with Crippen molar-refractivity contribution in [3.8, 4) is 0 Å². The summed E-state index contributed by atoms with van der Waals surface area (Å²) in [6.45, 7) is 0.565. The number of halogens is 5. The second-order valence-electron chi connectivity index (χ2n) is 3.57. The highest BCUT2D eigenvalue weighted by Gasteiger charge is 2.39. The summed E-state index contributed by atoms with van der Waals surface area (Å²) in [7, 11) is -4.73. The summed E-state index contributed by atoms with van der Waals surface area (Å²) in [6, 6.07) is -0.596. The Kier molecular flexibility index (Phi) is 4.46. The summed E-state index contributed by atoms with van der Waals surface area (Å²) in [6.07, 6.45) is -7.11. The Bertz CT molecular complexity index is 544. The molecule has 108 valence electrons. The van der Waals surface area contributed by atoms with Crippen molar-refractivity contribution in [1.82, 2.24) is 9.71 Å². The molecule has 0 saturated heterocycles. The molecule has 0 aliphatic rings. The van der Waals surface area contributed by atoms with E-state index in [0.29, 0.717) is 6.92 Å². The molecule has 1 heterocycles. The minimum absolute atomic E-state index is 0.565. The number of alkyl halides is 5. The molecule has 0 radical (unpaired) electrons. The fraction of sp³-hybridized carbons (Fsp3) is 0.444. The van der Waals surface area contributed by atoms with Crippen LogP contribution in [0.25, 0.3) is 0 Å². The Labute approximate surface area is 105 Å². The maximum Gasteiger partial charge on any atom is 0.404 e. The molecular weight excluding hydrogens is 295 g/mol. The molecule has 0 aliphatic carbocycles. The smallest absolute Gasteiger partial charge is 0.254 e. The molecule has 1 rings (SSSR count). The number of hydrogen-bond donors (Lipinski definition) is 1. The molecular formula is C9H9F5N2O2S. The van der Waals surface area contributed by atoms with Crippen molar-refractivity contribution < 1.29 is 30.4 Å². The zero-order valence-corrected chi connectivity index (χ0v) is 10.3. The van der Waals surface area contributed by atoms with Crippen LogP contribution >= 0.6 is 0 Å². The van der Waals surface area contributed by atoms with E-state index in [1.807, 2.05) is 0 Å². The SMILES string of the molecule is C[C@H](NS(=O)(=O)c1cccnc1C(F)F)C(F)(F)F. The Morgan fingerprint density at radius 1 is 1.32 bits per heavy atom. The molecule has 4 nitrogen and oxygen atoms in total. The lowest BCUT2D eigenvalue weighted by Crippen LogP contribution is -2.43. The normalized spacial score (nSPS) is 14.7.